The van der Waals surface area contributed by atoms with E-state index >= 15 is 0 Å². The molecule has 0 aliphatic rings. The minimum Gasteiger partial charge on any atom is -0.291 e. The SMILES string of the molecule is CCC(N=CC(C)(C)C)C(CC)N=CC(C)(C)C. The largest absolute Gasteiger partial charge is 0.291 e. The molecule has 0 fully saturated rings. The summed E-state index contributed by atoms with van der Waals surface area (Å²) in [5.41, 5.74) is 0.304. The average Bonchev–Trinajstić information content (AvgIpc) is 2.20. The van der Waals surface area contributed by atoms with Crippen LogP contribution in [0.5, 0.6) is 0 Å². The van der Waals surface area contributed by atoms with Crippen molar-refractivity contribution in [2.75, 3.05) is 0 Å². The van der Waals surface area contributed by atoms with Crippen molar-refractivity contribution in [1.82, 2.24) is 0 Å². The summed E-state index contributed by atoms with van der Waals surface area (Å²) in [6.45, 7) is 17.5. The molecule has 0 aromatic carbocycles. The minimum absolute atomic E-state index is 0.152. The number of rotatable bonds is 5. The summed E-state index contributed by atoms with van der Waals surface area (Å²) in [6.07, 6.45) is 6.26. The van der Waals surface area contributed by atoms with Crippen molar-refractivity contribution in [3.05, 3.63) is 0 Å². The van der Waals surface area contributed by atoms with Crippen LogP contribution in [0.1, 0.15) is 68.2 Å². The van der Waals surface area contributed by atoms with Crippen LogP contribution in [-0.2, 0) is 0 Å². The first-order valence-corrected chi connectivity index (χ1v) is 7.17. The Balaban J connectivity index is 4.79. The van der Waals surface area contributed by atoms with Gasteiger partial charge in [-0.2, -0.15) is 0 Å². The number of aliphatic imine (C=N–C) groups is 2. The molecular weight excluding hydrogens is 220 g/mol. The predicted octanol–water partition coefficient (Wildman–Crippen LogP) is 4.78. The van der Waals surface area contributed by atoms with E-state index in [1.165, 1.54) is 0 Å². The lowest BCUT2D eigenvalue weighted by atomic mass is 9.97. The van der Waals surface area contributed by atoms with E-state index in [-0.39, 0.29) is 10.8 Å². The smallest absolute Gasteiger partial charge is 0.0716 e. The molecule has 0 rings (SSSR count). The second kappa shape index (κ2) is 7.06. The van der Waals surface area contributed by atoms with Crippen molar-refractivity contribution < 1.29 is 0 Å². The molecule has 0 aliphatic carbocycles. The van der Waals surface area contributed by atoms with Gasteiger partial charge in [0.2, 0.25) is 0 Å². The molecule has 0 aromatic heterocycles. The van der Waals surface area contributed by atoms with Crippen LogP contribution in [0.3, 0.4) is 0 Å². The highest BCUT2D eigenvalue weighted by atomic mass is 14.9. The number of nitrogens with zero attached hydrogens (tertiary/aromatic N) is 2. The summed E-state index contributed by atoms with van der Waals surface area (Å²) >= 11 is 0. The molecule has 0 N–H and O–H groups in total. The monoisotopic (exact) mass is 252 g/mol. The maximum atomic E-state index is 4.75. The van der Waals surface area contributed by atoms with Gasteiger partial charge in [0.15, 0.2) is 0 Å². The van der Waals surface area contributed by atoms with E-state index in [0.29, 0.717) is 12.1 Å². The molecule has 0 radical (unpaired) electrons. The van der Waals surface area contributed by atoms with Gasteiger partial charge in [-0.1, -0.05) is 55.4 Å². The Morgan fingerprint density at radius 3 is 1.17 bits per heavy atom. The molecule has 0 heterocycles. The summed E-state index contributed by atoms with van der Waals surface area (Å²) in [5, 5.41) is 0. The van der Waals surface area contributed by atoms with Crippen LogP contribution in [0.15, 0.2) is 9.98 Å². The van der Waals surface area contributed by atoms with E-state index in [1.54, 1.807) is 0 Å². The lowest BCUT2D eigenvalue weighted by molar-refractivity contribution is 0.491. The molecule has 2 nitrogen and oxygen atoms in total. The van der Waals surface area contributed by atoms with Crippen molar-refractivity contribution in [3.63, 3.8) is 0 Å². The van der Waals surface area contributed by atoms with E-state index < -0.39 is 0 Å². The predicted molar refractivity (Wildman–Crippen MR) is 84.1 cm³/mol. The first-order valence-electron chi connectivity index (χ1n) is 7.17. The van der Waals surface area contributed by atoms with Crippen LogP contribution in [0.4, 0.5) is 0 Å². The van der Waals surface area contributed by atoms with Gasteiger partial charge in [-0.05, 0) is 23.7 Å². The summed E-state index contributed by atoms with van der Waals surface area (Å²) in [4.78, 5) is 9.49. The fraction of sp³-hybridized carbons (Fsp3) is 0.875. The van der Waals surface area contributed by atoms with Crippen molar-refractivity contribution in [2.45, 2.75) is 80.3 Å². The fourth-order valence-corrected chi connectivity index (χ4v) is 1.59. The maximum Gasteiger partial charge on any atom is 0.0716 e. The Labute approximate surface area is 114 Å². The third-order valence-electron chi connectivity index (χ3n) is 2.59. The average molecular weight is 252 g/mol. The van der Waals surface area contributed by atoms with Gasteiger partial charge in [0, 0.05) is 12.4 Å². The van der Waals surface area contributed by atoms with Gasteiger partial charge in [0.1, 0.15) is 0 Å². The van der Waals surface area contributed by atoms with Gasteiger partial charge >= 0.3 is 0 Å². The Kier molecular flexibility index (Phi) is 6.80. The van der Waals surface area contributed by atoms with E-state index in [9.17, 15) is 0 Å². The van der Waals surface area contributed by atoms with Gasteiger partial charge in [-0.3, -0.25) is 9.98 Å². The Morgan fingerprint density at radius 2 is 1.00 bits per heavy atom. The standard InChI is InChI=1S/C16H32N2/c1-9-13(17-11-15(3,4)5)14(10-2)18-12-16(6,7)8/h11-14H,9-10H2,1-8H3. The van der Waals surface area contributed by atoms with E-state index in [2.05, 4.69) is 67.8 Å². The highest BCUT2D eigenvalue weighted by Gasteiger charge is 2.18. The van der Waals surface area contributed by atoms with Gasteiger partial charge in [0.25, 0.3) is 0 Å². The van der Waals surface area contributed by atoms with E-state index in [1.807, 2.05) is 0 Å². The highest BCUT2D eigenvalue weighted by Crippen LogP contribution is 2.17. The van der Waals surface area contributed by atoms with Crippen molar-refractivity contribution in [2.24, 2.45) is 20.8 Å². The zero-order valence-corrected chi connectivity index (χ0v) is 13.6. The van der Waals surface area contributed by atoms with Crippen LogP contribution in [0.2, 0.25) is 0 Å². The number of hydrogen-bond acceptors (Lipinski definition) is 2. The Morgan fingerprint density at radius 1 is 0.722 bits per heavy atom. The van der Waals surface area contributed by atoms with Gasteiger partial charge < -0.3 is 0 Å². The lowest BCUT2D eigenvalue weighted by Crippen LogP contribution is -2.24. The minimum atomic E-state index is 0.152. The highest BCUT2D eigenvalue weighted by molar-refractivity contribution is 5.65. The second-order valence-electron chi connectivity index (χ2n) is 7.24. The molecule has 0 amide bonds. The van der Waals surface area contributed by atoms with Crippen LogP contribution in [0.25, 0.3) is 0 Å². The summed E-state index contributed by atoms with van der Waals surface area (Å²) in [5.74, 6) is 0. The van der Waals surface area contributed by atoms with Crippen molar-refractivity contribution in [1.29, 1.82) is 0 Å². The van der Waals surface area contributed by atoms with Crippen LogP contribution >= 0.6 is 0 Å². The molecule has 106 valence electrons. The lowest BCUT2D eigenvalue weighted by Gasteiger charge is -2.21. The van der Waals surface area contributed by atoms with Crippen LogP contribution < -0.4 is 0 Å². The third kappa shape index (κ3) is 8.43. The Hall–Kier alpha value is -0.660. The van der Waals surface area contributed by atoms with Gasteiger partial charge in [-0.15, -0.1) is 0 Å². The van der Waals surface area contributed by atoms with E-state index in [0.717, 1.165) is 12.8 Å². The van der Waals surface area contributed by atoms with Crippen molar-refractivity contribution >= 4 is 12.4 Å². The molecular formula is C16H32N2. The molecule has 0 aliphatic heterocycles. The van der Waals surface area contributed by atoms with Gasteiger partial charge in [0.05, 0.1) is 12.1 Å². The first-order chi connectivity index (χ1) is 8.09. The Bertz CT molecular complexity index is 246. The molecule has 2 heteroatoms. The molecule has 18 heavy (non-hydrogen) atoms. The normalized spacial score (nSPS) is 17.6. The quantitative estimate of drug-likeness (QED) is 0.629. The third-order valence-corrected chi connectivity index (χ3v) is 2.59. The number of hydrogen-bond donors (Lipinski definition) is 0. The molecule has 2 atom stereocenters. The first kappa shape index (κ1) is 17.3. The van der Waals surface area contributed by atoms with Crippen LogP contribution in [0, 0.1) is 10.8 Å². The van der Waals surface area contributed by atoms with Gasteiger partial charge in [-0.25, -0.2) is 0 Å². The van der Waals surface area contributed by atoms with Crippen molar-refractivity contribution in [3.8, 4) is 0 Å². The van der Waals surface area contributed by atoms with Crippen LogP contribution in [-0.4, -0.2) is 24.5 Å². The second-order valence-corrected chi connectivity index (χ2v) is 7.24. The van der Waals surface area contributed by atoms with E-state index in [4.69, 9.17) is 9.98 Å². The topological polar surface area (TPSA) is 24.7 Å². The molecule has 2 unspecified atom stereocenters. The zero-order valence-electron chi connectivity index (χ0n) is 13.6. The molecule has 0 aromatic rings. The molecule has 0 bridgehead atoms. The summed E-state index contributed by atoms with van der Waals surface area (Å²) in [6, 6.07) is 0.626. The molecule has 0 saturated carbocycles. The fourth-order valence-electron chi connectivity index (χ4n) is 1.59. The maximum absolute atomic E-state index is 4.75. The molecule has 0 spiro atoms. The molecule has 0 saturated heterocycles. The summed E-state index contributed by atoms with van der Waals surface area (Å²) in [7, 11) is 0. The zero-order chi connectivity index (χ0) is 14.4. The summed E-state index contributed by atoms with van der Waals surface area (Å²) < 4.78 is 0.